The molecule has 0 radical (unpaired) electrons. The van der Waals surface area contributed by atoms with Gasteiger partial charge in [0.25, 0.3) is 6.01 Å². The lowest BCUT2D eigenvalue weighted by atomic mass is 10.1. The van der Waals surface area contributed by atoms with Crippen molar-refractivity contribution in [2.24, 2.45) is 0 Å². The van der Waals surface area contributed by atoms with Crippen LogP contribution in [0.4, 0.5) is 5.82 Å². The van der Waals surface area contributed by atoms with Crippen molar-refractivity contribution in [2.75, 3.05) is 19.5 Å². The van der Waals surface area contributed by atoms with Crippen LogP contribution in [0.1, 0.15) is 35.7 Å². The Hall–Kier alpha value is -3.36. The number of nitrogens with zero attached hydrogens (tertiary/aromatic N) is 4. The fourth-order valence-electron chi connectivity index (χ4n) is 2.64. The van der Waals surface area contributed by atoms with Gasteiger partial charge in [-0.05, 0) is 24.1 Å². The van der Waals surface area contributed by atoms with E-state index in [-0.39, 0.29) is 17.4 Å². The molecule has 0 bridgehead atoms. The quantitative estimate of drug-likeness (QED) is 0.578. The van der Waals surface area contributed by atoms with Crippen molar-refractivity contribution in [3.63, 3.8) is 0 Å². The first-order chi connectivity index (χ1) is 13.0. The van der Waals surface area contributed by atoms with Gasteiger partial charge in [0.15, 0.2) is 17.0 Å². The van der Waals surface area contributed by atoms with Crippen molar-refractivity contribution in [2.45, 2.75) is 26.3 Å². The number of hydrogen-bond acceptors (Lipinski definition) is 7. The van der Waals surface area contributed by atoms with Crippen molar-refractivity contribution in [1.29, 1.82) is 0 Å². The number of aromatic nitrogens is 4. The lowest BCUT2D eigenvalue weighted by Crippen LogP contribution is -2.07. The Labute approximate surface area is 155 Å². The van der Waals surface area contributed by atoms with Gasteiger partial charge in [-0.2, -0.15) is 15.0 Å². The highest BCUT2D eigenvalue weighted by Crippen LogP contribution is 2.26. The molecule has 0 aliphatic carbocycles. The lowest BCUT2D eigenvalue weighted by molar-refractivity contribution is 0.0696. The fraction of sp³-hybridized carbons (Fsp3) is 0.333. The number of unbranched alkanes of at least 4 members (excludes halogenated alkanes) is 1. The minimum absolute atomic E-state index is 0.177. The van der Waals surface area contributed by atoms with E-state index in [2.05, 4.69) is 21.9 Å². The van der Waals surface area contributed by atoms with Crippen LogP contribution in [0, 0.1) is 0 Å². The van der Waals surface area contributed by atoms with Gasteiger partial charge in [-0.15, -0.1) is 0 Å². The van der Waals surface area contributed by atoms with Gasteiger partial charge < -0.3 is 20.3 Å². The van der Waals surface area contributed by atoms with Crippen LogP contribution in [0.5, 0.6) is 12.0 Å². The Balaban J connectivity index is 2.02. The molecule has 27 heavy (non-hydrogen) atoms. The minimum Gasteiger partial charge on any atom is -0.478 e. The molecule has 0 fully saturated rings. The molecule has 0 atom stereocenters. The number of rotatable bonds is 8. The molecule has 0 unspecified atom stereocenters. The summed E-state index contributed by atoms with van der Waals surface area (Å²) in [5.41, 5.74) is 7.85. The Morgan fingerprint density at radius 1 is 1.30 bits per heavy atom. The minimum atomic E-state index is -0.988. The number of nitrogens with two attached hydrogens (primary N) is 1. The molecule has 0 spiro atoms. The average Bonchev–Trinajstić information content (AvgIpc) is 3.00. The third-order valence-corrected chi connectivity index (χ3v) is 3.99. The second-order valence-corrected chi connectivity index (χ2v) is 5.96. The SMILES string of the molecule is CCCCOc1nc(N)c2nc(OC)n(Cc3cccc(C(=O)O)c3)c2n1. The molecule has 2 heterocycles. The van der Waals surface area contributed by atoms with Crippen molar-refractivity contribution >= 4 is 23.0 Å². The topological polar surface area (TPSA) is 125 Å². The number of methoxy groups -OCH3 is 1. The highest BCUT2D eigenvalue weighted by Gasteiger charge is 2.18. The number of fused-ring (bicyclic) bond motifs is 1. The first-order valence-electron chi connectivity index (χ1n) is 8.56. The molecule has 0 saturated carbocycles. The van der Waals surface area contributed by atoms with Crippen molar-refractivity contribution in [3.8, 4) is 12.0 Å². The molecule has 142 valence electrons. The van der Waals surface area contributed by atoms with Crippen LogP contribution in [0.2, 0.25) is 0 Å². The standard InChI is InChI=1S/C18H21N5O4/c1-3-4-8-27-17-21-14(19)13-15(22-17)23(18(20-13)26-2)10-11-6-5-7-12(9-11)16(24)25/h5-7,9H,3-4,8,10H2,1-2H3,(H,24,25)(H2,19,21,22). The van der Waals surface area contributed by atoms with Crippen LogP contribution in [0.3, 0.4) is 0 Å². The van der Waals surface area contributed by atoms with Crippen LogP contribution in [0.15, 0.2) is 24.3 Å². The molecular weight excluding hydrogens is 350 g/mol. The van der Waals surface area contributed by atoms with E-state index < -0.39 is 5.97 Å². The maximum atomic E-state index is 11.2. The largest absolute Gasteiger partial charge is 0.478 e. The molecule has 3 aromatic rings. The molecule has 0 saturated heterocycles. The summed E-state index contributed by atoms with van der Waals surface area (Å²) in [4.78, 5) is 24.1. The summed E-state index contributed by atoms with van der Waals surface area (Å²) in [7, 11) is 1.49. The third-order valence-electron chi connectivity index (χ3n) is 3.99. The third kappa shape index (κ3) is 3.91. The summed E-state index contributed by atoms with van der Waals surface area (Å²) in [6.07, 6.45) is 1.87. The normalized spacial score (nSPS) is 10.9. The van der Waals surface area contributed by atoms with Crippen LogP contribution >= 0.6 is 0 Å². The van der Waals surface area contributed by atoms with Crippen LogP contribution in [0.25, 0.3) is 11.2 Å². The smallest absolute Gasteiger partial charge is 0.335 e. The Kier molecular flexibility index (Phi) is 5.39. The fourth-order valence-corrected chi connectivity index (χ4v) is 2.64. The van der Waals surface area contributed by atoms with Crippen LogP contribution in [-0.4, -0.2) is 44.3 Å². The molecule has 2 aromatic heterocycles. The van der Waals surface area contributed by atoms with Gasteiger partial charge in [-0.25, -0.2) is 4.79 Å². The highest BCUT2D eigenvalue weighted by atomic mass is 16.5. The zero-order valence-electron chi connectivity index (χ0n) is 15.2. The number of ether oxygens (including phenoxy) is 2. The molecule has 3 N–H and O–H groups in total. The maximum Gasteiger partial charge on any atom is 0.335 e. The molecule has 0 aliphatic rings. The molecule has 9 heteroatoms. The van der Waals surface area contributed by atoms with Gasteiger partial charge in [0.2, 0.25) is 0 Å². The van der Waals surface area contributed by atoms with Crippen molar-refractivity contribution in [3.05, 3.63) is 35.4 Å². The van der Waals surface area contributed by atoms with E-state index in [4.69, 9.17) is 15.2 Å². The second kappa shape index (κ2) is 7.90. The Morgan fingerprint density at radius 3 is 2.81 bits per heavy atom. The zero-order valence-corrected chi connectivity index (χ0v) is 15.2. The van der Waals surface area contributed by atoms with Gasteiger partial charge >= 0.3 is 12.0 Å². The zero-order chi connectivity index (χ0) is 19.4. The Morgan fingerprint density at radius 2 is 2.11 bits per heavy atom. The van der Waals surface area contributed by atoms with Gasteiger partial charge in [0, 0.05) is 0 Å². The van der Waals surface area contributed by atoms with Crippen LogP contribution in [-0.2, 0) is 6.54 Å². The number of carboxylic acids is 1. The van der Waals surface area contributed by atoms with Crippen LogP contribution < -0.4 is 15.2 Å². The Bertz CT molecular complexity index is 970. The summed E-state index contributed by atoms with van der Waals surface area (Å²) in [5.74, 6) is -0.791. The molecular formula is C18H21N5O4. The van der Waals surface area contributed by atoms with E-state index in [0.717, 1.165) is 18.4 Å². The average molecular weight is 371 g/mol. The lowest BCUT2D eigenvalue weighted by Gasteiger charge is -2.09. The number of nitrogen functional groups attached to an aromatic ring is 1. The maximum absolute atomic E-state index is 11.2. The number of carboxylic acid groups (broad SMARTS) is 1. The summed E-state index contributed by atoms with van der Waals surface area (Å²) >= 11 is 0. The van der Waals surface area contributed by atoms with E-state index in [9.17, 15) is 9.90 Å². The predicted molar refractivity (Wildman–Crippen MR) is 99.2 cm³/mol. The summed E-state index contributed by atoms with van der Waals surface area (Å²) < 4.78 is 12.6. The van der Waals surface area contributed by atoms with Crippen molar-refractivity contribution < 1.29 is 19.4 Å². The number of aromatic carboxylic acids is 1. The molecule has 0 aliphatic heterocycles. The molecule has 0 amide bonds. The van der Waals surface area contributed by atoms with Gasteiger partial charge in [-0.1, -0.05) is 25.5 Å². The number of anilines is 1. The number of hydrogen-bond donors (Lipinski definition) is 2. The molecule has 9 nitrogen and oxygen atoms in total. The monoisotopic (exact) mass is 371 g/mol. The molecule has 1 aromatic carbocycles. The number of benzene rings is 1. The van der Waals surface area contributed by atoms with E-state index >= 15 is 0 Å². The van der Waals surface area contributed by atoms with Crippen molar-refractivity contribution in [1.82, 2.24) is 19.5 Å². The van der Waals surface area contributed by atoms with E-state index in [1.807, 2.05) is 6.07 Å². The van der Waals surface area contributed by atoms with E-state index in [0.29, 0.717) is 30.3 Å². The molecule has 3 rings (SSSR count). The predicted octanol–water partition coefficient (Wildman–Crippen LogP) is 2.34. The second-order valence-electron chi connectivity index (χ2n) is 5.96. The highest BCUT2D eigenvalue weighted by molar-refractivity contribution is 5.87. The summed E-state index contributed by atoms with van der Waals surface area (Å²) in [6.45, 7) is 2.87. The summed E-state index contributed by atoms with van der Waals surface area (Å²) in [6, 6.07) is 7.12. The van der Waals surface area contributed by atoms with E-state index in [1.165, 1.54) is 13.2 Å². The van der Waals surface area contributed by atoms with E-state index in [1.54, 1.807) is 16.7 Å². The number of carbonyl (C=O) groups is 1. The van der Waals surface area contributed by atoms with Gasteiger partial charge in [0.05, 0.1) is 25.8 Å². The van der Waals surface area contributed by atoms with Gasteiger partial charge in [-0.3, -0.25) is 4.57 Å². The first-order valence-corrected chi connectivity index (χ1v) is 8.56. The first kappa shape index (κ1) is 18.4. The summed E-state index contributed by atoms with van der Waals surface area (Å²) in [5, 5.41) is 9.19. The van der Waals surface area contributed by atoms with Gasteiger partial charge in [0.1, 0.15) is 0 Å². The number of imidazole rings is 1.